The van der Waals surface area contributed by atoms with Crippen molar-refractivity contribution in [2.24, 2.45) is 0 Å². The van der Waals surface area contributed by atoms with Gasteiger partial charge in [-0.05, 0) is 50.2 Å². The third kappa shape index (κ3) is 4.15. The summed E-state index contributed by atoms with van der Waals surface area (Å²) in [7, 11) is 0. The number of nitrogens with one attached hydrogen (secondary N) is 1. The Morgan fingerprint density at radius 1 is 0.750 bits per heavy atom. The van der Waals surface area contributed by atoms with E-state index in [0.29, 0.717) is 17.2 Å². The molecular weight excluding hydrogens is 408 g/mol. The summed E-state index contributed by atoms with van der Waals surface area (Å²) in [5.74, 6) is -1.05. The minimum atomic E-state index is -0.889. The number of pyridine rings is 3. The molecule has 1 N–H and O–H groups in total. The Bertz CT molecular complexity index is 1270. The summed E-state index contributed by atoms with van der Waals surface area (Å²) < 4.78 is 27.4. The predicted molar refractivity (Wildman–Crippen MR) is 120 cm³/mol. The number of hydrogen-bond acceptors (Lipinski definition) is 4. The van der Waals surface area contributed by atoms with Crippen molar-refractivity contribution in [1.29, 1.82) is 0 Å². The standard InChI is InChI=1S/C25H25F2N5/c1-24(2,3)20-14-28-23(31-20)17-9-7-11-19(30-17)25(4,5)18-10-6-8-16(29-18)15-12-13-21(26)32-22(15)27/h6-14H,1-5H3,(H,28,31). The minimum Gasteiger partial charge on any atom is -0.340 e. The van der Waals surface area contributed by atoms with Crippen LogP contribution in [0.3, 0.4) is 0 Å². The molecule has 4 rings (SSSR count). The molecule has 7 heteroatoms. The van der Waals surface area contributed by atoms with Crippen LogP contribution in [-0.2, 0) is 10.8 Å². The number of imidazole rings is 1. The van der Waals surface area contributed by atoms with Gasteiger partial charge >= 0.3 is 0 Å². The van der Waals surface area contributed by atoms with Gasteiger partial charge in [-0.15, -0.1) is 0 Å². The van der Waals surface area contributed by atoms with E-state index in [-0.39, 0.29) is 11.0 Å². The lowest BCUT2D eigenvalue weighted by Gasteiger charge is -2.24. The van der Waals surface area contributed by atoms with Crippen LogP contribution in [0.1, 0.15) is 51.7 Å². The van der Waals surface area contributed by atoms with Gasteiger partial charge in [0.2, 0.25) is 11.9 Å². The van der Waals surface area contributed by atoms with Crippen LogP contribution in [0.15, 0.2) is 54.7 Å². The van der Waals surface area contributed by atoms with Crippen LogP contribution in [0.5, 0.6) is 0 Å². The topological polar surface area (TPSA) is 67.3 Å². The van der Waals surface area contributed by atoms with Crippen molar-refractivity contribution < 1.29 is 8.78 Å². The van der Waals surface area contributed by atoms with E-state index in [1.165, 1.54) is 6.07 Å². The van der Waals surface area contributed by atoms with Crippen molar-refractivity contribution >= 4 is 0 Å². The van der Waals surface area contributed by atoms with Crippen molar-refractivity contribution in [3.05, 3.63) is 83.7 Å². The van der Waals surface area contributed by atoms with Crippen LogP contribution in [0, 0.1) is 11.9 Å². The Morgan fingerprint density at radius 3 is 1.97 bits per heavy atom. The lowest BCUT2D eigenvalue weighted by atomic mass is 9.84. The van der Waals surface area contributed by atoms with Gasteiger partial charge in [-0.2, -0.15) is 13.8 Å². The highest BCUT2D eigenvalue weighted by Gasteiger charge is 2.28. The lowest BCUT2D eigenvalue weighted by Crippen LogP contribution is -2.22. The quantitative estimate of drug-likeness (QED) is 0.411. The van der Waals surface area contributed by atoms with E-state index >= 15 is 0 Å². The van der Waals surface area contributed by atoms with Crippen LogP contribution >= 0.6 is 0 Å². The van der Waals surface area contributed by atoms with Gasteiger partial charge in [0.25, 0.3) is 0 Å². The smallest absolute Gasteiger partial charge is 0.224 e. The molecule has 4 aromatic rings. The van der Waals surface area contributed by atoms with Crippen LogP contribution in [-0.4, -0.2) is 24.9 Å². The maximum absolute atomic E-state index is 14.2. The number of halogens is 2. The van der Waals surface area contributed by atoms with Crippen LogP contribution in [0.4, 0.5) is 8.78 Å². The summed E-state index contributed by atoms with van der Waals surface area (Å²) in [6.07, 6.45) is 1.84. The third-order valence-electron chi connectivity index (χ3n) is 5.50. The van der Waals surface area contributed by atoms with Gasteiger partial charge < -0.3 is 4.98 Å². The third-order valence-corrected chi connectivity index (χ3v) is 5.50. The summed E-state index contributed by atoms with van der Waals surface area (Å²) in [4.78, 5) is 20.6. The average Bonchev–Trinajstić information content (AvgIpc) is 3.25. The molecule has 0 fully saturated rings. The molecule has 0 aliphatic rings. The van der Waals surface area contributed by atoms with Gasteiger partial charge in [0.15, 0.2) is 5.82 Å². The largest absolute Gasteiger partial charge is 0.340 e. The van der Waals surface area contributed by atoms with Crippen molar-refractivity contribution in [3.8, 4) is 22.8 Å². The van der Waals surface area contributed by atoms with Crippen molar-refractivity contribution in [1.82, 2.24) is 24.9 Å². The number of nitrogens with zero attached hydrogens (tertiary/aromatic N) is 4. The number of rotatable bonds is 4. The summed E-state index contributed by atoms with van der Waals surface area (Å²) in [6, 6.07) is 13.6. The Labute approximate surface area is 186 Å². The van der Waals surface area contributed by atoms with Gasteiger partial charge in [0.1, 0.15) is 5.69 Å². The van der Waals surface area contributed by atoms with Gasteiger partial charge in [-0.3, -0.25) is 4.98 Å². The Hall–Kier alpha value is -3.48. The Kier molecular flexibility index (Phi) is 5.36. The van der Waals surface area contributed by atoms with E-state index < -0.39 is 17.3 Å². The predicted octanol–water partition coefficient (Wildman–Crippen LogP) is 5.83. The summed E-state index contributed by atoms with van der Waals surface area (Å²) in [5.41, 5.74) is 3.18. The van der Waals surface area contributed by atoms with Crippen LogP contribution in [0.25, 0.3) is 22.8 Å². The molecule has 4 heterocycles. The molecule has 0 amide bonds. The molecule has 0 aliphatic carbocycles. The summed E-state index contributed by atoms with van der Waals surface area (Å²) >= 11 is 0. The first-order valence-electron chi connectivity index (χ1n) is 10.4. The Morgan fingerprint density at radius 2 is 1.38 bits per heavy atom. The highest BCUT2D eigenvalue weighted by Crippen LogP contribution is 2.32. The molecule has 0 aromatic carbocycles. The SMILES string of the molecule is CC(C)(C)c1cnc(-c2cccc(C(C)(C)c3cccc(-c4ccc(F)nc4F)n3)n2)[nH]1. The molecule has 32 heavy (non-hydrogen) atoms. The fraction of sp³-hybridized carbons (Fsp3) is 0.280. The number of hydrogen-bond donors (Lipinski definition) is 1. The van der Waals surface area contributed by atoms with E-state index in [4.69, 9.17) is 4.98 Å². The molecule has 0 saturated heterocycles. The monoisotopic (exact) mass is 433 g/mol. The highest BCUT2D eigenvalue weighted by molar-refractivity contribution is 5.59. The lowest BCUT2D eigenvalue weighted by molar-refractivity contribution is 0.514. The number of aromatic nitrogens is 5. The van der Waals surface area contributed by atoms with Crippen LogP contribution < -0.4 is 0 Å². The fourth-order valence-electron chi connectivity index (χ4n) is 3.41. The normalized spacial score (nSPS) is 12.2. The molecule has 0 saturated carbocycles. The van der Waals surface area contributed by atoms with Crippen molar-refractivity contribution in [2.75, 3.05) is 0 Å². The van der Waals surface area contributed by atoms with E-state index in [0.717, 1.165) is 23.1 Å². The average molecular weight is 434 g/mol. The zero-order valence-electron chi connectivity index (χ0n) is 18.7. The first-order valence-corrected chi connectivity index (χ1v) is 10.4. The molecule has 0 aliphatic heterocycles. The molecule has 0 atom stereocenters. The molecule has 0 spiro atoms. The zero-order valence-corrected chi connectivity index (χ0v) is 18.7. The van der Waals surface area contributed by atoms with E-state index in [1.807, 2.05) is 44.3 Å². The number of H-pyrrole nitrogens is 1. The second-order valence-corrected chi connectivity index (χ2v) is 9.31. The van der Waals surface area contributed by atoms with Crippen molar-refractivity contribution in [2.45, 2.75) is 45.4 Å². The molecule has 0 bridgehead atoms. The van der Waals surface area contributed by atoms with Gasteiger partial charge in [0.05, 0.1) is 22.6 Å². The fourth-order valence-corrected chi connectivity index (χ4v) is 3.41. The molecule has 4 aromatic heterocycles. The first-order chi connectivity index (χ1) is 15.1. The zero-order chi connectivity index (χ0) is 23.1. The van der Waals surface area contributed by atoms with Crippen LogP contribution in [0.2, 0.25) is 0 Å². The number of aromatic amines is 1. The molecule has 0 unspecified atom stereocenters. The first kappa shape index (κ1) is 21.7. The summed E-state index contributed by atoms with van der Waals surface area (Å²) in [6.45, 7) is 10.4. The molecular formula is C25H25F2N5. The minimum absolute atomic E-state index is 0.0447. The second kappa shape index (κ2) is 7.89. The van der Waals surface area contributed by atoms with Gasteiger partial charge in [-0.1, -0.05) is 32.9 Å². The van der Waals surface area contributed by atoms with E-state index in [9.17, 15) is 8.78 Å². The highest BCUT2D eigenvalue weighted by atomic mass is 19.1. The Balaban J connectivity index is 1.71. The maximum atomic E-state index is 14.2. The van der Waals surface area contributed by atoms with Gasteiger partial charge in [-0.25, -0.2) is 9.97 Å². The molecule has 164 valence electrons. The van der Waals surface area contributed by atoms with E-state index in [2.05, 4.69) is 40.7 Å². The maximum Gasteiger partial charge on any atom is 0.224 e. The molecule has 5 nitrogen and oxygen atoms in total. The summed E-state index contributed by atoms with van der Waals surface area (Å²) in [5, 5.41) is 0. The second-order valence-electron chi connectivity index (χ2n) is 9.31. The van der Waals surface area contributed by atoms with E-state index in [1.54, 1.807) is 12.1 Å². The van der Waals surface area contributed by atoms with Crippen molar-refractivity contribution in [3.63, 3.8) is 0 Å². The molecule has 0 radical (unpaired) electrons. The van der Waals surface area contributed by atoms with Gasteiger partial charge in [0, 0.05) is 22.7 Å².